The van der Waals surface area contributed by atoms with Crippen molar-refractivity contribution in [3.05, 3.63) is 5.89 Å². The van der Waals surface area contributed by atoms with Gasteiger partial charge in [-0.15, -0.1) is 5.10 Å². The number of hydrogen-bond donors (Lipinski definition) is 2. The number of aliphatic hydroxyl groups excluding tert-OH is 1. The molecule has 0 aromatic carbocycles. The van der Waals surface area contributed by atoms with Crippen LogP contribution >= 0.6 is 0 Å². The van der Waals surface area contributed by atoms with Crippen LogP contribution in [-0.4, -0.2) is 47.7 Å². The van der Waals surface area contributed by atoms with Crippen molar-refractivity contribution in [1.82, 2.24) is 15.5 Å². The van der Waals surface area contributed by atoms with Crippen LogP contribution in [0.3, 0.4) is 0 Å². The fourth-order valence-electron chi connectivity index (χ4n) is 1.26. The lowest BCUT2D eigenvalue weighted by Crippen LogP contribution is -2.36. The molecule has 0 spiro atoms. The zero-order valence-electron chi connectivity index (χ0n) is 9.87. The van der Waals surface area contributed by atoms with Gasteiger partial charge in [0.1, 0.15) is 6.54 Å². The predicted molar refractivity (Wildman–Crippen MR) is 57.0 cm³/mol. The lowest BCUT2D eigenvalue weighted by atomic mass is 10.5. The molecule has 9 heteroatoms. The van der Waals surface area contributed by atoms with Crippen molar-refractivity contribution < 1.29 is 22.7 Å². The summed E-state index contributed by atoms with van der Waals surface area (Å²) in [5.74, 6) is 0.206. The Balaban J connectivity index is 2.69. The van der Waals surface area contributed by atoms with E-state index in [4.69, 9.17) is 9.52 Å². The first kappa shape index (κ1) is 14.7. The Kier molecular flexibility index (Phi) is 5.35. The topological polar surface area (TPSA) is 74.4 Å². The molecule has 0 aliphatic heterocycles. The average Bonchev–Trinajstić information content (AvgIpc) is 2.72. The molecule has 1 rings (SSSR count). The Morgan fingerprint density at radius 2 is 2.11 bits per heavy atom. The second-order valence-corrected chi connectivity index (χ2v) is 3.52. The fraction of sp³-hybridized carbons (Fsp3) is 0.778. The number of rotatable bonds is 7. The first-order valence-electron chi connectivity index (χ1n) is 5.42. The molecule has 2 N–H and O–H groups in total. The van der Waals surface area contributed by atoms with Crippen molar-refractivity contribution in [3.63, 3.8) is 0 Å². The van der Waals surface area contributed by atoms with Crippen LogP contribution in [0.1, 0.15) is 12.8 Å². The smallest absolute Gasteiger partial charge is 0.406 e. The van der Waals surface area contributed by atoms with Gasteiger partial charge in [-0.2, -0.15) is 13.2 Å². The number of nitrogens with zero attached hydrogens (tertiary/aromatic N) is 3. The Labute approximate surface area is 102 Å². The first-order valence-corrected chi connectivity index (χ1v) is 5.42. The van der Waals surface area contributed by atoms with Gasteiger partial charge in [0.05, 0.1) is 13.2 Å². The van der Waals surface area contributed by atoms with E-state index in [1.807, 2.05) is 6.92 Å². The van der Waals surface area contributed by atoms with E-state index in [0.29, 0.717) is 13.1 Å². The van der Waals surface area contributed by atoms with Gasteiger partial charge in [0.25, 0.3) is 0 Å². The van der Waals surface area contributed by atoms with E-state index in [0.717, 1.165) is 4.90 Å². The van der Waals surface area contributed by atoms with Gasteiger partial charge in [-0.25, -0.2) is 0 Å². The molecule has 0 unspecified atom stereocenters. The molecule has 0 fully saturated rings. The Bertz CT molecular complexity index is 356. The molecule has 0 aliphatic rings. The summed E-state index contributed by atoms with van der Waals surface area (Å²) in [6.45, 7) is 0.960. The summed E-state index contributed by atoms with van der Waals surface area (Å²) in [6.07, 6.45) is -4.40. The third-order valence-corrected chi connectivity index (χ3v) is 1.99. The van der Waals surface area contributed by atoms with Gasteiger partial charge >= 0.3 is 12.2 Å². The monoisotopic (exact) mass is 268 g/mol. The number of hydrogen-bond acceptors (Lipinski definition) is 6. The van der Waals surface area contributed by atoms with E-state index in [1.165, 1.54) is 0 Å². The third-order valence-electron chi connectivity index (χ3n) is 1.99. The predicted octanol–water partition coefficient (Wildman–Crippen LogP) is 0.540. The quantitative estimate of drug-likeness (QED) is 0.752. The molecule has 0 saturated heterocycles. The maximum Gasteiger partial charge on any atom is 0.406 e. The molecule has 0 aliphatic carbocycles. The van der Waals surface area contributed by atoms with Gasteiger partial charge in [0, 0.05) is 6.54 Å². The van der Waals surface area contributed by atoms with Crippen molar-refractivity contribution in [2.45, 2.75) is 19.6 Å². The minimum absolute atomic E-state index is 0.206. The third kappa shape index (κ3) is 4.88. The summed E-state index contributed by atoms with van der Waals surface area (Å²) in [4.78, 5) is 0.794. The molecule has 1 aromatic rings. The minimum atomic E-state index is -4.40. The highest BCUT2D eigenvalue weighted by Gasteiger charge is 2.32. The SMILES string of the molecule is CCNCc1nnc(N(CCO)CC(F)(F)F)o1. The zero-order chi connectivity index (χ0) is 13.6. The number of aliphatic hydroxyl groups is 1. The molecular formula is C9H15F3N4O2. The van der Waals surface area contributed by atoms with Crippen LogP contribution in [0.2, 0.25) is 0 Å². The Hall–Kier alpha value is -1.35. The minimum Gasteiger partial charge on any atom is -0.407 e. The van der Waals surface area contributed by atoms with E-state index in [-0.39, 0.29) is 18.5 Å². The normalized spacial score (nSPS) is 11.8. The highest BCUT2D eigenvalue weighted by atomic mass is 19.4. The van der Waals surface area contributed by atoms with Crippen LogP contribution < -0.4 is 10.2 Å². The Morgan fingerprint density at radius 3 is 2.67 bits per heavy atom. The molecule has 6 nitrogen and oxygen atoms in total. The standard InChI is InChI=1S/C9H15F3N4O2/c1-2-13-5-7-14-15-8(18-7)16(3-4-17)6-9(10,11)12/h13,17H,2-6H2,1H3. The average molecular weight is 268 g/mol. The molecule has 0 radical (unpaired) electrons. The number of halogens is 3. The highest BCUT2D eigenvalue weighted by Crippen LogP contribution is 2.20. The molecule has 1 aromatic heterocycles. The lowest BCUT2D eigenvalue weighted by molar-refractivity contribution is -0.120. The van der Waals surface area contributed by atoms with E-state index < -0.39 is 19.3 Å². The van der Waals surface area contributed by atoms with Gasteiger partial charge in [-0.05, 0) is 6.54 Å². The number of aromatic nitrogens is 2. The van der Waals surface area contributed by atoms with Gasteiger partial charge in [0.2, 0.25) is 5.89 Å². The second kappa shape index (κ2) is 6.55. The van der Waals surface area contributed by atoms with Gasteiger partial charge in [-0.1, -0.05) is 12.0 Å². The summed E-state index contributed by atoms with van der Waals surface area (Å²) in [7, 11) is 0. The summed E-state index contributed by atoms with van der Waals surface area (Å²) in [5, 5.41) is 18.8. The molecule has 1 heterocycles. The highest BCUT2D eigenvalue weighted by molar-refractivity contribution is 5.24. The van der Waals surface area contributed by atoms with Crippen LogP contribution in [0.15, 0.2) is 4.42 Å². The van der Waals surface area contributed by atoms with Crippen molar-refractivity contribution >= 4 is 6.01 Å². The molecule has 0 amide bonds. The van der Waals surface area contributed by atoms with E-state index >= 15 is 0 Å². The molecule has 0 atom stereocenters. The summed E-state index contributed by atoms with van der Waals surface area (Å²) >= 11 is 0. The summed E-state index contributed by atoms with van der Waals surface area (Å²) in [6, 6.07) is -0.241. The zero-order valence-corrected chi connectivity index (χ0v) is 9.87. The van der Waals surface area contributed by atoms with Crippen LogP contribution in [0, 0.1) is 0 Å². The van der Waals surface area contributed by atoms with Crippen LogP contribution in [0.25, 0.3) is 0 Å². The van der Waals surface area contributed by atoms with Crippen molar-refractivity contribution in [2.24, 2.45) is 0 Å². The molecule has 0 bridgehead atoms. The van der Waals surface area contributed by atoms with Crippen molar-refractivity contribution in [1.29, 1.82) is 0 Å². The maximum absolute atomic E-state index is 12.3. The molecule has 104 valence electrons. The van der Waals surface area contributed by atoms with Crippen LogP contribution in [0.5, 0.6) is 0 Å². The number of alkyl halides is 3. The van der Waals surface area contributed by atoms with Gasteiger partial charge in [-0.3, -0.25) is 0 Å². The van der Waals surface area contributed by atoms with Crippen LogP contribution in [0.4, 0.5) is 19.2 Å². The number of nitrogens with one attached hydrogen (secondary N) is 1. The summed E-state index contributed by atoms with van der Waals surface area (Å²) < 4.78 is 42.0. The van der Waals surface area contributed by atoms with Crippen LogP contribution in [-0.2, 0) is 6.54 Å². The molecule has 0 saturated carbocycles. The Morgan fingerprint density at radius 1 is 1.39 bits per heavy atom. The van der Waals surface area contributed by atoms with Crippen molar-refractivity contribution in [3.8, 4) is 0 Å². The van der Waals surface area contributed by atoms with E-state index in [2.05, 4.69) is 15.5 Å². The first-order chi connectivity index (χ1) is 8.46. The fourth-order valence-corrected chi connectivity index (χ4v) is 1.26. The molecular weight excluding hydrogens is 253 g/mol. The maximum atomic E-state index is 12.3. The largest absolute Gasteiger partial charge is 0.407 e. The van der Waals surface area contributed by atoms with Gasteiger partial charge in [0.15, 0.2) is 0 Å². The van der Waals surface area contributed by atoms with Gasteiger partial charge < -0.3 is 19.7 Å². The van der Waals surface area contributed by atoms with E-state index in [1.54, 1.807) is 0 Å². The number of anilines is 1. The lowest BCUT2D eigenvalue weighted by Gasteiger charge is -2.20. The van der Waals surface area contributed by atoms with Crippen molar-refractivity contribution in [2.75, 3.05) is 31.1 Å². The summed E-state index contributed by atoms with van der Waals surface area (Å²) in [5.41, 5.74) is 0. The molecule has 18 heavy (non-hydrogen) atoms. The van der Waals surface area contributed by atoms with E-state index in [9.17, 15) is 13.2 Å². The second-order valence-electron chi connectivity index (χ2n) is 3.52.